The Bertz CT molecular complexity index is 570. The highest BCUT2D eigenvalue weighted by Crippen LogP contribution is 2.14. The molecule has 2 heteroatoms. The van der Waals surface area contributed by atoms with Crippen LogP contribution in [0.5, 0.6) is 0 Å². The fourth-order valence-electron chi connectivity index (χ4n) is 2.33. The zero-order valence-electron chi connectivity index (χ0n) is 12.4. The molecule has 0 aliphatic heterocycles. The van der Waals surface area contributed by atoms with Crippen LogP contribution >= 0.6 is 11.6 Å². The van der Waals surface area contributed by atoms with E-state index in [1.807, 2.05) is 24.3 Å². The van der Waals surface area contributed by atoms with Crippen LogP contribution < -0.4 is 0 Å². The van der Waals surface area contributed by atoms with E-state index in [0.29, 0.717) is 5.56 Å². The molecule has 2 aromatic carbocycles. The van der Waals surface area contributed by atoms with Crippen LogP contribution in [0.25, 0.3) is 0 Å². The van der Waals surface area contributed by atoms with Gasteiger partial charge in [0, 0.05) is 5.56 Å². The van der Waals surface area contributed by atoms with E-state index in [9.17, 15) is 4.79 Å². The fourth-order valence-corrected chi connectivity index (χ4v) is 2.48. The second kappa shape index (κ2) is 7.99. The molecule has 0 aromatic heterocycles. The van der Waals surface area contributed by atoms with Gasteiger partial charge in [0.1, 0.15) is 0 Å². The summed E-state index contributed by atoms with van der Waals surface area (Å²) in [5.41, 5.74) is 4.60. The van der Waals surface area contributed by atoms with Crippen molar-refractivity contribution in [3.05, 3.63) is 70.8 Å². The minimum Gasteiger partial charge on any atom is -0.293 e. The molecule has 2 aromatic rings. The van der Waals surface area contributed by atoms with Crippen LogP contribution in [0.4, 0.5) is 0 Å². The van der Waals surface area contributed by atoms with Crippen LogP contribution in [0.15, 0.2) is 48.5 Å². The Kier molecular flexibility index (Phi) is 6.01. The molecule has 0 amide bonds. The molecule has 0 spiro atoms. The van der Waals surface area contributed by atoms with Crippen LogP contribution in [-0.2, 0) is 12.8 Å². The third kappa shape index (κ3) is 4.71. The Morgan fingerprint density at radius 3 is 1.95 bits per heavy atom. The molecule has 0 unspecified atom stereocenters. The van der Waals surface area contributed by atoms with Gasteiger partial charge in [-0.1, -0.05) is 61.9 Å². The molecule has 1 nitrogen and oxygen atoms in total. The molecule has 0 aliphatic carbocycles. The minimum atomic E-state index is -0.0245. The fraction of sp³-hybridized carbons (Fsp3) is 0.316. The van der Waals surface area contributed by atoms with Crippen molar-refractivity contribution < 1.29 is 4.79 Å². The number of alkyl halides is 1. The number of carbonyl (C=O) groups excluding carboxylic acids is 1. The lowest BCUT2D eigenvalue weighted by Gasteiger charge is -2.05. The summed E-state index contributed by atoms with van der Waals surface area (Å²) >= 11 is 5.56. The first kappa shape index (κ1) is 15.8. The van der Waals surface area contributed by atoms with Crippen molar-refractivity contribution in [2.24, 2.45) is 0 Å². The number of halogens is 1. The van der Waals surface area contributed by atoms with Crippen molar-refractivity contribution in [3.8, 4) is 0 Å². The first-order valence-corrected chi connectivity index (χ1v) is 8.02. The number of hydrogen-bond donors (Lipinski definition) is 0. The van der Waals surface area contributed by atoms with Gasteiger partial charge >= 0.3 is 0 Å². The molecule has 0 atom stereocenters. The highest BCUT2D eigenvalue weighted by atomic mass is 35.5. The molecule has 0 N–H and O–H groups in total. The predicted molar refractivity (Wildman–Crippen MR) is 89.4 cm³/mol. The summed E-state index contributed by atoms with van der Waals surface area (Å²) in [6, 6.07) is 16.6. The maximum absolute atomic E-state index is 11.5. The van der Waals surface area contributed by atoms with Gasteiger partial charge < -0.3 is 0 Å². The Morgan fingerprint density at radius 2 is 1.43 bits per heavy atom. The molecular weight excluding hydrogens is 280 g/mol. The maximum atomic E-state index is 11.5. The summed E-state index contributed by atoms with van der Waals surface area (Å²) in [4.78, 5) is 11.5. The maximum Gasteiger partial charge on any atom is 0.177 e. The Morgan fingerprint density at radius 1 is 0.905 bits per heavy atom. The van der Waals surface area contributed by atoms with Gasteiger partial charge in [0.15, 0.2) is 5.78 Å². The number of ketones is 1. The molecule has 0 aliphatic rings. The molecular formula is C19H21ClO. The molecule has 110 valence electrons. The summed E-state index contributed by atoms with van der Waals surface area (Å²) in [5.74, 6) is 0.0157. The van der Waals surface area contributed by atoms with Gasteiger partial charge in [-0.15, -0.1) is 11.6 Å². The number of hydrogen-bond acceptors (Lipinski definition) is 1. The van der Waals surface area contributed by atoms with Crippen LogP contribution in [0, 0.1) is 0 Å². The van der Waals surface area contributed by atoms with E-state index in [0.717, 1.165) is 12.8 Å². The SMILES string of the molecule is CCCCc1ccc(Cc2ccc(C(=O)CCl)cc2)cc1. The topological polar surface area (TPSA) is 17.1 Å². The quantitative estimate of drug-likeness (QED) is 0.517. The second-order valence-electron chi connectivity index (χ2n) is 5.35. The van der Waals surface area contributed by atoms with E-state index in [2.05, 4.69) is 31.2 Å². The van der Waals surface area contributed by atoms with Gasteiger partial charge in [-0.2, -0.15) is 0 Å². The third-order valence-electron chi connectivity index (χ3n) is 3.65. The van der Waals surface area contributed by atoms with Crippen molar-refractivity contribution in [2.45, 2.75) is 32.6 Å². The van der Waals surface area contributed by atoms with Crippen molar-refractivity contribution in [1.82, 2.24) is 0 Å². The Balaban J connectivity index is 1.99. The molecule has 0 bridgehead atoms. The average Bonchev–Trinajstić information content (AvgIpc) is 2.54. The number of carbonyl (C=O) groups is 1. The largest absolute Gasteiger partial charge is 0.293 e. The normalized spacial score (nSPS) is 10.6. The zero-order chi connectivity index (χ0) is 15.1. The number of Topliss-reactive ketones (excluding diaryl/α,β-unsaturated/α-hetero) is 1. The van der Waals surface area contributed by atoms with Crippen molar-refractivity contribution >= 4 is 17.4 Å². The number of unbranched alkanes of at least 4 members (excludes halogenated alkanes) is 1. The minimum absolute atomic E-state index is 0.0245. The highest BCUT2D eigenvalue weighted by Gasteiger charge is 2.04. The smallest absolute Gasteiger partial charge is 0.177 e. The van der Waals surface area contributed by atoms with E-state index in [4.69, 9.17) is 11.6 Å². The van der Waals surface area contributed by atoms with Gasteiger partial charge in [-0.25, -0.2) is 0 Å². The molecule has 0 heterocycles. The van der Waals surface area contributed by atoms with Crippen LogP contribution in [0.3, 0.4) is 0 Å². The monoisotopic (exact) mass is 300 g/mol. The number of aryl methyl sites for hydroxylation is 1. The van der Waals surface area contributed by atoms with E-state index in [-0.39, 0.29) is 11.7 Å². The van der Waals surface area contributed by atoms with Crippen LogP contribution in [-0.4, -0.2) is 11.7 Å². The summed E-state index contributed by atoms with van der Waals surface area (Å²) in [7, 11) is 0. The molecule has 21 heavy (non-hydrogen) atoms. The van der Waals surface area contributed by atoms with Crippen molar-refractivity contribution in [1.29, 1.82) is 0 Å². The number of benzene rings is 2. The first-order chi connectivity index (χ1) is 10.2. The van der Waals surface area contributed by atoms with Gasteiger partial charge in [0.25, 0.3) is 0 Å². The molecule has 0 radical (unpaired) electrons. The van der Waals surface area contributed by atoms with E-state index >= 15 is 0 Å². The second-order valence-corrected chi connectivity index (χ2v) is 5.62. The lowest BCUT2D eigenvalue weighted by Crippen LogP contribution is -2.00. The van der Waals surface area contributed by atoms with E-state index in [1.165, 1.54) is 29.5 Å². The van der Waals surface area contributed by atoms with Crippen LogP contribution in [0.1, 0.15) is 46.8 Å². The van der Waals surface area contributed by atoms with E-state index in [1.54, 1.807) is 0 Å². The molecule has 0 fully saturated rings. The molecule has 0 saturated heterocycles. The first-order valence-electron chi connectivity index (χ1n) is 7.49. The highest BCUT2D eigenvalue weighted by molar-refractivity contribution is 6.30. The van der Waals surface area contributed by atoms with Gasteiger partial charge in [-0.05, 0) is 36.0 Å². The zero-order valence-corrected chi connectivity index (χ0v) is 13.2. The Labute approximate surface area is 132 Å². The Hall–Kier alpha value is -1.60. The van der Waals surface area contributed by atoms with Crippen molar-refractivity contribution in [2.75, 3.05) is 5.88 Å². The summed E-state index contributed by atoms with van der Waals surface area (Å²) in [6.07, 6.45) is 4.53. The summed E-state index contributed by atoms with van der Waals surface area (Å²) < 4.78 is 0. The lowest BCUT2D eigenvalue weighted by atomic mass is 10.0. The summed E-state index contributed by atoms with van der Waals surface area (Å²) in [5, 5.41) is 0. The summed E-state index contributed by atoms with van der Waals surface area (Å²) in [6.45, 7) is 2.22. The lowest BCUT2D eigenvalue weighted by molar-refractivity contribution is 0.102. The standard InChI is InChI=1S/C19H21ClO/c1-2-3-4-15-5-7-16(8-6-15)13-17-9-11-18(12-10-17)19(21)14-20/h5-12H,2-4,13-14H2,1H3. The predicted octanol–water partition coefficient (Wildman–Crippen LogP) is 5.04. The van der Waals surface area contributed by atoms with Gasteiger partial charge in [0.2, 0.25) is 0 Å². The average molecular weight is 301 g/mol. The van der Waals surface area contributed by atoms with Crippen LogP contribution in [0.2, 0.25) is 0 Å². The molecule has 2 rings (SSSR count). The third-order valence-corrected chi connectivity index (χ3v) is 3.89. The van der Waals surface area contributed by atoms with Crippen molar-refractivity contribution in [3.63, 3.8) is 0 Å². The molecule has 0 saturated carbocycles. The van der Waals surface area contributed by atoms with E-state index < -0.39 is 0 Å². The number of rotatable bonds is 7. The van der Waals surface area contributed by atoms with Gasteiger partial charge in [0.05, 0.1) is 5.88 Å². The van der Waals surface area contributed by atoms with Gasteiger partial charge in [-0.3, -0.25) is 4.79 Å².